The van der Waals surface area contributed by atoms with Crippen molar-refractivity contribution in [1.29, 1.82) is 0 Å². The minimum Gasteiger partial charge on any atom is -0.481 e. The summed E-state index contributed by atoms with van der Waals surface area (Å²) in [4.78, 5) is 15.4. The minimum atomic E-state index is -0.822. The van der Waals surface area contributed by atoms with Gasteiger partial charge in [0.25, 0.3) is 0 Å². The van der Waals surface area contributed by atoms with E-state index in [1.165, 1.54) is 0 Å². The zero-order valence-corrected chi connectivity index (χ0v) is 13.4. The van der Waals surface area contributed by atoms with Gasteiger partial charge in [-0.1, -0.05) is 23.7 Å². The first kappa shape index (κ1) is 16.8. The first-order chi connectivity index (χ1) is 9.21. The smallest absolute Gasteiger partial charge is 0.309 e. The van der Waals surface area contributed by atoms with Crippen LogP contribution in [0.25, 0.3) is 0 Å². The predicted octanol–water partition coefficient (Wildman–Crippen LogP) is 4.55. The molecule has 1 N–H and O–H groups in total. The Morgan fingerprint density at radius 3 is 2.55 bits per heavy atom. The second-order valence-corrected chi connectivity index (χ2v) is 6.30. The van der Waals surface area contributed by atoms with Crippen molar-refractivity contribution in [2.24, 2.45) is 10.4 Å². The molecule has 20 heavy (non-hydrogen) atoms. The number of carboxylic acid groups (broad SMARTS) is 1. The quantitative estimate of drug-likeness (QED) is 0.619. The molecule has 0 fully saturated rings. The number of nitrogens with zero attached hydrogens (tertiary/aromatic N) is 1. The number of aliphatic imine (C=N–C) groups is 1. The molecule has 0 radical (unpaired) electrons. The van der Waals surface area contributed by atoms with Crippen molar-refractivity contribution >= 4 is 34.9 Å². The van der Waals surface area contributed by atoms with Crippen molar-refractivity contribution in [2.45, 2.75) is 39.2 Å². The SMILES string of the molecule is CC(C)(CCC(C)(N=C=S)c1cccc(Cl)c1)C(=O)O. The molecule has 1 aromatic rings. The lowest BCUT2D eigenvalue weighted by molar-refractivity contribution is -0.147. The standard InChI is InChI=1S/C15H18ClNO2S/c1-14(2,13(18)19)7-8-15(3,17-10-20)11-5-4-6-12(16)9-11/h4-6,9H,7-8H2,1-3H3,(H,18,19). The number of thiocarbonyl (C=S) groups is 1. The van der Waals surface area contributed by atoms with Crippen LogP contribution < -0.4 is 0 Å². The highest BCUT2D eigenvalue weighted by molar-refractivity contribution is 7.78. The fraction of sp³-hybridized carbons (Fsp3) is 0.467. The van der Waals surface area contributed by atoms with E-state index in [2.05, 4.69) is 10.2 Å². The number of aliphatic carboxylic acids is 1. The second-order valence-electron chi connectivity index (χ2n) is 5.68. The van der Waals surface area contributed by atoms with Gasteiger partial charge in [-0.2, -0.15) is 0 Å². The summed E-state index contributed by atoms with van der Waals surface area (Å²) in [6.07, 6.45) is 1.03. The first-order valence-electron chi connectivity index (χ1n) is 6.30. The number of hydrogen-bond acceptors (Lipinski definition) is 3. The number of rotatable bonds is 6. The van der Waals surface area contributed by atoms with Gasteiger partial charge in [0, 0.05) is 5.02 Å². The summed E-state index contributed by atoms with van der Waals surface area (Å²) in [5, 5.41) is 12.2. The summed E-state index contributed by atoms with van der Waals surface area (Å²) in [6.45, 7) is 5.32. The summed E-state index contributed by atoms with van der Waals surface area (Å²) in [5.41, 5.74) is -0.514. The molecule has 0 saturated carbocycles. The number of halogens is 1. The van der Waals surface area contributed by atoms with E-state index in [0.717, 1.165) is 5.56 Å². The van der Waals surface area contributed by atoms with Gasteiger partial charge < -0.3 is 5.11 Å². The average molecular weight is 312 g/mol. The summed E-state index contributed by atoms with van der Waals surface area (Å²) in [7, 11) is 0. The van der Waals surface area contributed by atoms with Crippen molar-refractivity contribution in [3.63, 3.8) is 0 Å². The van der Waals surface area contributed by atoms with Gasteiger partial charge in [0.15, 0.2) is 0 Å². The van der Waals surface area contributed by atoms with E-state index in [4.69, 9.17) is 23.8 Å². The Labute approximate surface area is 129 Å². The molecule has 5 heteroatoms. The molecular formula is C15H18ClNO2S. The van der Waals surface area contributed by atoms with Crippen LogP contribution in [0.1, 0.15) is 39.2 Å². The van der Waals surface area contributed by atoms with E-state index in [1.54, 1.807) is 19.9 Å². The van der Waals surface area contributed by atoms with Gasteiger partial charge in [-0.25, -0.2) is 4.99 Å². The highest BCUT2D eigenvalue weighted by Crippen LogP contribution is 2.36. The highest BCUT2D eigenvalue weighted by Gasteiger charge is 2.33. The van der Waals surface area contributed by atoms with Crippen molar-refractivity contribution < 1.29 is 9.90 Å². The van der Waals surface area contributed by atoms with E-state index >= 15 is 0 Å². The van der Waals surface area contributed by atoms with Gasteiger partial charge in [0.05, 0.1) is 16.1 Å². The van der Waals surface area contributed by atoms with Crippen LogP contribution in [-0.2, 0) is 10.3 Å². The maximum atomic E-state index is 11.2. The summed E-state index contributed by atoms with van der Waals surface area (Å²) in [5.74, 6) is -0.822. The Morgan fingerprint density at radius 2 is 2.05 bits per heavy atom. The van der Waals surface area contributed by atoms with Gasteiger partial charge in [-0.3, -0.25) is 4.79 Å². The fourth-order valence-electron chi connectivity index (χ4n) is 1.85. The molecule has 1 rings (SSSR count). The molecular weight excluding hydrogens is 294 g/mol. The lowest BCUT2D eigenvalue weighted by atomic mass is 9.80. The second kappa shape index (κ2) is 6.49. The van der Waals surface area contributed by atoms with Crippen LogP contribution in [0.15, 0.2) is 29.3 Å². The van der Waals surface area contributed by atoms with Gasteiger partial charge in [-0.15, -0.1) is 0 Å². The Hall–Kier alpha value is -1.22. The predicted molar refractivity (Wildman–Crippen MR) is 84.5 cm³/mol. The molecule has 0 aliphatic heterocycles. The Balaban J connectivity index is 3.05. The Bertz CT molecular complexity index is 553. The third kappa shape index (κ3) is 4.14. The van der Waals surface area contributed by atoms with Crippen LogP contribution in [0.4, 0.5) is 0 Å². The van der Waals surface area contributed by atoms with E-state index in [-0.39, 0.29) is 0 Å². The molecule has 1 unspecified atom stereocenters. The number of benzene rings is 1. The number of carbonyl (C=O) groups is 1. The number of carboxylic acids is 1. The van der Waals surface area contributed by atoms with E-state index in [1.807, 2.05) is 25.1 Å². The Kier molecular flexibility index (Phi) is 5.46. The topological polar surface area (TPSA) is 49.7 Å². The molecule has 1 aromatic carbocycles. The fourth-order valence-corrected chi connectivity index (χ4v) is 2.24. The van der Waals surface area contributed by atoms with Crippen LogP contribution >= 0.6 is 23.8 Å². The molecule has 0 amide bonds. The maximum Gasteiger partial charge on any atom is 0.309 e. The van der Waals surface area contributed by atoms with Crippen molar-refractivity contribution in [3.05, 3.63) is 34.9 Å². The molecule has 0 spiro atoms. The molecule has 0 aliphatic carbocycles. The van der Waals surface area contributed by atoms with Crippen LogP contribution in [0.3, 0.4) is 0 Å². The van der Waals surface area contributed by atoms with Crippen LogP contribution in [0, 0.1) is 5.41 Å². The average Bonchev–Trinajstić information content (AvgIpc) is 2.37. The maximum absolute atomic E-state index is 11.2. The normalized spacial score (nSPS) is 14.2. The molecule has 0 aromatic heterocycles. The van der Waals surface area contributed by atoms with Gasteiger partial charge >= 0.3 is 5.97 Å². The zero-order chi connectivity index (χ0) is 15.4. The van der Waals surface area contributed by atoms with Crippen molar-refractivity contribution in [1.82, 2.24) is 0 Å². The highest BCUT2D eigenvalue weighted by atomic mass is 35.5. The van der Waals surface area contributed by atoms with Crippen molar-refractivity contribution in [2.75, 3.05) is 0 Å². The molecule has 0 heterocycles. The zero-order valence-electron chi connectivity index (χ0n) is 11.8. The van der Waals surface area contributed by atoms with E-state index in [9.17, 15) is 9.90 Å². The number of hydrogen-bond donors (Lipinski definition) is 1. The lowest BCUT2D eigenvalue weighted by Gasteiger charge is -2.28. The third-order valence-electron chi connectivity index (χ3n) is 3.55. The lowest BCUT2D eigenvalue weighted by Crippen LogP contribution is -2.28. The molecule has 1 atom stereocenters. The van der Waals surface area contributed by atoms with Crippen molar-refractivity contribution in [3.8, 4) is 0 Å². The van der Waals surface area contributed by atoms with Gasteiger partial charge in [-0.05, 0) is 63.5 Å². The largest absolute Gasteiger partial charge is 0.481 e. The first-order valence-corrected chi connectivity index (χ1v) is 7.08. The summed E-state index contributed by atoms with van der Waals surface area (Å²) in [6, 6.07) is 7.37. The van der Waals surface area contributed by atoms with Crippen LogP contribution in [-0.4, -0.2) is 16.2 Å². The van der Waals surface area contributed by atoms with Gasteiger partial charge in [0.2, 0.25) is 0 Å². The molecule has 0 saturated heterocycles. The van der Waals surface area contributed by atoms with E-state index < -0.39 is 16.9 Å². The molecule has 3 nitrogen and oxygen atoms in total. The third-order valence-corrected chi connectivity index (χ3v) is 3.88. The Morgan fingerprint density at radius 1 is 1.40 bits per heavy atom. The minimum absolute atomic E-state index is 0.478. The molecule has 108 valence electrons. The van der Waals surface area contributed by atoms with Gasteiger partial charge in [0.1, 0.15) is 0 Å². The molecule has 0 aliphatic rings. The number of isothiocyanates is 1. The van der Waals surface area contributed by atoms with Crippen LogP contribution in [0.5, 0.6) is 0 Å². The summed E-state index contributed by atoms with van der Waals surface area (Å²) >= 11 is 10.7. The van der Waals surface area contributed by atoms with Crippen LogP contribution in [0.2, 0.25) is 5.02 Å². The molecule has 0 bridgehead atoms. The monoisotopic (exact) mass is 311 g/mol. The summed E-state index contributed by atoms with van der Waals surface area (Å²) < 4.78 is 0. The van der Waals surface area contributed by atoms with E-state index in [0.29, 0.717) is 17.9 Å².